The van der Waals surface area contributed by atoms with E-state index in [4.69, 9.17) is 0 Å². The SMILES string of the molecule is O=C(NS(=O)(=O)Cc1ccccc1[N+](=O)[O-])c1ccc(N2CCNC2=O)cc1. The van der Waals surface area contributed by atoms with Crippen LogP contribution in [0.15, 0.2) is 48.5 Å². The summed E-state index contributed by atoms with van der Waals surface area (Å²) in [5.41, 5.74) is 0.292. The van der Waals surface area contributed by atoms with Crippen LogP contribution in [-0.4, -0.2) is 38.4 Å². The van der Waals surface area contributed by atoms with Crippen molar-refractivity contribution >= 4 is 33.3 Å². The second kappa shape index (κ2) is 7.64. The smallest absolute Gasteiger partial charge is 0.321 e. The summed E-state index contributed by atoms with van der Waals surface area (Å²) in [7, 11) is -4.15. The van der Waals surface area contributed by atoms with E-state index >= 15 is 0 Å². The topological polar surface area (TPSA) is 139 Å². The van der Waals surface area contributed by atoms with Gasteiger partial charge in [-0.2, -0.15) is 0 Å². The molecule has 1 aliphatic rings. The number of para-hydroxylation sites is 1. The van der Waals surface area contributed by atoms with Gasteiger partial charge in [-0.15, -0.1) is 0 Å². The zero-order valence-electron chi connectivity index (χ0n) is 14.5. The number of hydrogen-bond donors (Lipinski definition) is 2. The molecule has 0 aliphatic carbocycles. The summed E-state index contributed by atoms with van der Waals surface area (Å²) in [6.45, 7) is 1.01. The molecule has 0 unspecified atom stereocenters. The molecular formula is C17H16N4O6S. The van der Waals surface area contributed by atoms with Crippen LogP contribution in [0, 0.1) is 10.1 Å². The van der Waals surface area contributed by atoms with Crippen molar-refractivity contribution in [1.29, 1.82) is 0 Å². The first-order valence-electron chi connectivity index (χ1n) is 8.19. The van der Waals surface area contributed by atoms with Gasteiger partial charge in [-0.1, -0.05) is 18.2 Å². The lowest BCUT2D eigenvalue weighted by Gasteiger charge is -2.14. The number of hydrogen-bond acceptors (Lipinski definition) is 6. The zero-order chi connectivity index (χ0) is 20.3. The molecule has 1 fully saturated rings. The van der Waals surface area contributed by atoms with E-state index in [0.717, 1.165) is 0 Å². The zero-order valence-corrected chi connectivity index (χ0v) is 15.3. The molecule has 3 amide bonds. The normalized spacial score (nSPS) is 13.9. The molecule has 0 bridgehead atoms. The van der Waals surface area contributed by atoms with E-state index in [2.05, 4.69) is 5.32 Å². The van der Waals surface area contributed by atoms with Gasteiger partial charge in [0.15, 0.2) is 0 Å². The number of benzene rings is 2. The molecule has 1 heterocycles. The van der Waals surface area contributed by atoms with E-state index in [9.17, 15) is 28.1 Å². The first-order chi connectivity index (χ1) is 13.3. The molecule has 11 heteroatoms. The standard InChI is InChI=1S/C17H16N4O6S/c22-16(12-5-7-14(8-6-12)20-10-9-18-17(20)23)19-28(26,27)11-13-3-1-2-4-15(13)21(24)25/h1-8H,9-11H2,(H,18,23)(H,19,22). The maximum atomic E-state index is 12.3. The lowest BCUT2D eigenvalue weighted by atomic mass is 10.2. The Balaban J connectivity index is 1.71. The number of sulfonamides is 1. The average Bonchev–Trinajstić information content (AvgIpc) is 3.07. The number of rotatable bonds is 6. The lowest BCUT2D eigenvalue weighted by molar-refractivity contribution is -0.385. The van der Waals surface area contributed by atoms with Gasteiger partial charge in [0.1, 0.15) is 5.75 Å². The van der Waals surface area contributed by atoms with Crippen molar-refractivity contribution in [3.8, 4) is 0 Å². The molecule has 0 radical (unpaired) electrons. The number of nitrogens with zero attached hydrogens (tertiary/aromatic N) is 2. The summed E-state index contributed by atoms with van der Waals surface area (Å²) >= 11 is 0. The van der Waals surface area contributed by atoms with Crippen molar-refractivity contribution in [2.24, 2.45) is 0 Å². The fraction of sp³-hybridized carbons (Fsp3) is 0.176. The Bertz CT molecular complexity index is 1040. The fourth-order valence-electron chi connectivity index (χ4n) is 2.76. The van der Waals surface area contributed by atoms with Crippen LogP contribution < -0.4 is 14.9 Å². The average molecular weight is 404 g/mol. The van der Waals surface area contributed by atoms with Gasteiger partial charge in [-0.25, -0.2) is 17.9 Å². The Morgan fingerprint density at radius 2 is 1.86 bits per heavy atom. The molecule has 0 aromatic heterocycles. The summed E-state index contributed by atoms with van der Waals surface area (Å²) < 4.78 is 26.4. The molecule has 10 nitrogen and oxygen atoms in total. The Labute approximate surface area is 160 Å². The van der Waals surface area contributed by atoms with E-state index in [1.54, 1.807) is 0 Å². The van der Waals surface area contributed by atoms with Crippen molar-refractivity contribution < 1.29 is 22.9 Å². The number of nitro groups is 1. The van der Waals surface area contributed by atoms with Crippen LogP contribution in [0.4, 0.5) is 16.2 Å². The predicted octanol–water partition coefficient (Wildman–Crippen LogP) is 1.38. The summed E-state index contributed by atoms with van der Waals surface area (Å²) in [6, 6.07) is 11.0. The minimum Gasteiger partial charge on any atom is -0.336 e. The molecule has 2 aromatic carbocycles. The molecule has 0 saturated carbocycles. The van der Waals surface area contributed by atoms with Crippen molar-refractivity contribution in [1.82, 2.24) is 10.0 Å². The Hall–Kier alpha value is -3.47. The van der Waals surface area contributed by atoms with Crippen molar-refractivity contribution in [3.05, 3.63) is 69.8 Å². The molecular weight excluding hydrogens is 388 g/mol. The van der Waals surface area contributed by atoms with Crippen LogP contribution in [0.25, 0.3) is 0 Å². The highest BCUT2D eigenvalue weighted by molar-refractivity contribution is 7.89. The molecule has 0 atom stereocenters. The van der Waals surface area contributed by atoms with Crippen LogP contribution >= 0.6 is 0 Å². The van der Waals surface area contributed by atoms with Gasteiger partial charge in [-0.3, -0.25) is 19.8 Å². The van der Waals surface area contributed by atoms with E-state index in [-0.39, 0.29) is 22.8 Å². The summed E-state index contributed by atoms with van der Waals surface area (Å²) in [6.07, 6.45) is 0. The second-order valence-electron chi connectivity index (χ2n) is 6.01. The highest BCUT2D eigenvalue weighted by Gasteiger charge is 2.23. The Kier molecular flexibility index (Phi) is 5.27. The summed E-state index contributed by atoms with van der Waals surface area (Å²) in [4.78, 5) is 35.7. The molecule has 2 aromatic rings. The molecule has 28 heavy (non-hydrogen) atoms. The van der Waals surface area contributed by atoms with Crippen LogP contribution in [-0.2, 0) is 15.8 Å². The largest absolute Gasteiger partial charge is 0.336 e. The first-order valence-corrected chi connectivity index (χ1v) is 9.84. The monoisotopic (exact) mass is 404 g/mol. The Morgan fingerprint density at radius 1 is 1.18 bits per heavy atom. The summed E-state index contributed by atoms with van der Waals surface area (Å²) in [5.74, 6) is -1.57. The number of carbonyl (C=O) groups is 2. The third kappa shape index (κ3) is 4.26. The highest BCUT2D eigenvalue weighted by Crippen LogP contribution is 2.20. The van der Waals surface area contributed by atoms with Crippen LogP contribution in [0.5, 0.6) is 0 Å². The Morgan fingerprint density at radius 3 is 2.46 bits per heavy atom. The highest BCUT2D eigenvalue weighted by atomic mass is 32.2. The van der Waals surface area contributed by atoms with Crippen LogP contribution in [0.1, 0.15) is 15.9 Å². The molecule has 1 saturated heterocycles. The maximum Gasteiger partial charge on any atom is 0.321 e. The summed E-state index contributed by atoms with van der Waals surface area (Å²) in [5, 5.41) is 13.7. The van der Waals surface area contributed by atoms with Gasteiger partial charge in [0.2, 0.25) is 10.0 Å². The number of amides is 3. The first kappa shape index (κ1) is 19.3. The fourth-order valence-corrected chi connectivity index (χ4v) is 3.89. The lowest BCUT2D eigenvalue weighted by Crippen LogP contribution is -2.32. The molecule has 2 N–H and O–H groups in total. The molecule has 3 rings (SSSR count). The third-order valence-electron chi connectivity index (χ3n) is 4.08. The number of nitrogens with one attached hydrogen (secondary N) is 2. The van der Waals surface area contributed by atoms with Crippen LogP contribution in [0.2, 0.25) is 0 Å². The molecule has 0 spiro atoms. The van der Waals surface area contributed by atoms with Crippen molar-refractivity contribution in [2.45, 2.75) is 5.75 Å². The van der Waals surface area contributed by atoms with Gasteiger partial charge in [0.25, 0.3) is 11.6 Å². The van der Waals surface area contributed by atoms with Gasteiger partial charge >= 0.3 is 6.03 Å². The van der Waals surface area contributed by atoms with Crippen molar-refractivity contribution in [2.75, 3.05) is 18.0 Å². The number of urea groups is 1. The van der Waals surface area contributed by atoms with Gasteiger partial charge in [0, 0.05) is 36.0 Å². The van der Waals surface area contributed by atoms with E-state index in [1.165, 1.54) is 53.4 Å². The number of anilines is 1. The van der Waals surface area contributed by atoms with Crippen LogP contribution in [0.3, 0.4) is 0 Å². The molecule has 1 aliphatic heterocycles. The van der Waals surface area contributed by atoms with Gasteiger partial charge < -0.3 is 5.32 Å². The third-order valence-corrected chi connectivity index (χ3v) is 5.27. The quantitative estimate of drug-likeness (QED) is 0.551. The molecule has 146 valence electrons. The maximum absolute atomic E-state index is 12.3. The van der Waals surface area contributed by atoms with E-state index in [0.29, 0.717) is 18.8 Å². The number of carbonyl (C=O) groups excluding carboxylic acids is 2. The van der Waals surface area contributed by atoms with E-state index in [1.807, 2.05) is 4.72 Å². The number of nitro benzene ring substituents is 1. The van der Waals surface area contributed by atoms with Crippen molar-refractivity contribution in [3.63, 3.8) is 0 Å². The second-order valence-corrected chi connectivity index (χ2v) is 7.73. The van der Waals surface area contributed by atoms with E-state index < -0.39 is 26.6 Å². The predicted molar refractivity (Wildman–Crippen MR) is 100 cm³/mol. The minimum absolute atomic E-state index is 0.0248. The van der Waals surface area contributed by atoms with Gasteiger partial charge in [-0.05, 0) is 24.3 Å². The minimum atomic E-state index is -4.15. The van der Waals surface area contributed by atoms with Gasteiger partial charge in [0.05, 0.1) is 4.92 Å².